The molecule has 2 aromatic heterocycles. The van der Waals surface area contributed by atoms with Crippen molar-refractivity contribution in [2.45, 2.75) is 57.3 Å². The summed E-state index contributed by atoms with van der Waals surface area (Å²) < 4.78 is 52.7. The zero-order chi connectivity index (χ0) is 29.1. The third-order valence-electron chi connectivity index (χ3n) is 7.18. The second-order valence-electron chi connectivity index (χ2n) is 10.4. The third-order valence-corrected chi connectivity index (χ3v) is 10.00. The third kappa shape index (κ3) is 7.12. The molecule has 40 heavy (non-hydrogen) atoms. The Labute approximate surface area is 235 Å². The fourth-order valence-corrected chi connectivity index (χ4v) is 8.06. The van der Waals surface area contributed by atoms with Gasteiger partial charge in [-0.2, -0.15) is 16.2 Å². The molecular weight excluding hydrogens is 560 g/mol. The van der Waals surface area contributed by atoms with Crippen LogP contribution in [0.3, 0.4) is 0 Å². The van der Waals surface area contributed by atoms with E-state index in [1.807, 2.05) is 16.3 Å². The zero-order valence-electron chi connectivity index (χ0n) is 22.5. The van der Waals surface area contributed by atoms with Gasteiger partial charge in [-0.15, -0.1) is 5.92 Å². The van der Waals surface area contributed by atoms with Crippen molar-refractivity contribution in [1.29, 1.82) is 5.26 Å². The summed E-state index contributed by atoms with van der Waals surface area (Å²) in [7, 11) is -3.21. The van der Waals surface area contributed by atoms with Crippen molar-refractivity contribution in [3.8, 4) is 17.9 Å². The van der Waals surface area contributed by atoms with Crippen molar-refractivity contribution in [3.05, 3.63) is 29.1 Å². The molecule has 9 nitrogen and oxygen atoms in total. The number of aromatic nitrogens is 2. The molecule has 0 bridgehead atoms. The van der Waals surface area contributed by atoms with Crippen LogP contribution in [0.1, 0.15) is 66.6 Å². The lowest BCUT2D eigenvalue weighted by Crippen LogP contribution is -2.34. The molecule has 1 unspecified atom stereocenters. The Kier molecular flexibility index (Phi) is 9.06. The highest BCUT2D eigenvalue weighted by molar-refractivity contribution is 8.30. The summed E-state index contributed by atoms with van der Waals surface area (Å²) in [6, 6.07) is 3.73. The van der Waals surface area contributed by atoms with E-state index in [1.165, 1.54) is 6.20 Å². The van der Waals surface area contributed by atoms with Crippen molar-refractivity contribution in [1.82, 2.24) is 19.2 Å². The van der Waals surface area contributed by atoms with Gasteiger partial charge in [0.15, 0.2) is 0 Å². The van der Waals surface area contributed by atoms with Crippen LogP contribution in [0.15, 0.2) is 12.3 Å². The highest BCUT2D eigenvalue weighted by Crippen LogP contribution is 2.42. The predicted molar refractivity (Wildman–Crippen MR) is 151 cm³/mol. The highest BCUT2D eigenvalue weighted by atomic mass is 32.2. The van der Waals surface area contributed by atoms with Gasteiger partial charge in [0.25, 0.3) is 17.1 Å². The van der Waals surface area contributed by atoms with Crippen LogP contribution in [0.2, 0.25) is 0 Å². The van der Waals surface area contributed by atoms with E-state index in [1.54, 1.807) is 11.0 Å². The van der Waals surface area contributed by atoms with Gasteiger partial charge >= 0.3 is 0 Å². The molecule has 1 aliphatic heterocycles. The minimum Gasteiger partial charge on any atom is -0.332 e. The molecule has 1 aliphatic carbocycles. The summed E-state index contributed by atoms with van der Waals surface area (Å²) in [6.07, 6.45) is 6.90. The topological polar surface area (TPSA) is 125 Å². The number of rotatable bonds is 8. The van der Waals surface area contributed by atoms with E-state index in [0.29, 0.717) is 47.3 Å². The van der Waals surface area contributed by atoms with E-state index in [0.717, 1.165) is 37.6 Å². The summed E-state index contributed by atoms with van der Waals surface area (Å²) >= 11 is 0. The van der Waals surface area contributed by atoms with Gasteiger partial charge in [0.2, 0.25) is 10.0 Å². The lowest BCUT2D eigenvalue weighted by molar-refractivity contribution is -0.0937. The van der Waals surface area contributed by atoms with Crippen molar-refractivity contribution >= 4 is 43.1 Å². The second-order valence-corrected chi connectivity index (χ2v) is 14.4. The fraction of sp³-hybridized carbons (Fsp3) is 0.556. The number of amides is 2. The van der Waals surface area contributed by atoms with Crippen LogP contribution in [0.4, 0.5) is 13.6 Å². The van der Waals surface area contributed by atoms with E-state index in [-0.39, 0.29) is 30.5 Å². The van der Waals surface area contributed by atoms with Gasteiger partial charge in [0.1, 0.15) is 11.7 Å². The first-order valence-corrected chi connectivity index (χ1v) is 16.8. The van der Waals surface area contributed by atoms with Gasteiger partial charge in [0, 0.05) is 61.8 Å². The van der Waals surface area contributed by atoms with E-state index in [4.69, 9.17) is 0 Å². The van der Waals surface area contributed by atoms with Crippen molar-refractivity contribution < 1.29 is 26.8 Å². The number of hydrogen-bond acceptors (Lipinski definition) is 6. The first kappa shape index (κ1) is 29.8. The number of nitrogens with one attached hydrogen (secondary N) is 1. The normalized spacial score (nSPS) is 19.5. The maximum atomic E-state index is 13.8. The second kappa shape index (κ2) is 12.1. The Balaban J connectivity index is 1.41. The molecule has 216 valence electrons. The molecule has 2 aromatic rings. The van der Waals surface area contributed by atoms with Crippen LogP contribution >= 0.6 is 10.9 Å². The molecule has 1 saturated heterocycles. The molecule has 4 rings (SSSR count). The summed E-state index contributed by atoms with van der Waals surface area (Å²) in [5.74, 6) is 3.54. The number of carbonyl (C=O) groups excluding carboxylic acids is 2. The number of nitriles is 1. The molecule has 1 atom stereocenters. The summed E-state index contributed by atoms with van der Waals surface area (Å²) in [5.41, 5.74) is 2.18. The number of carbonyl (C=O) groups is 2. The lowest BCUT2D eigenvalue weighted by Gasteiger charge is -2.31. The predicted octanol–water partition coefficient (Wildman–Crippen LogP) is 4.07. The minimum absolute atomic E-state index is 0.135. The van der Waals surface area contributed by atoms with Crippen molar-refractivity contribution in [3.63, 3.8) is 0 Å². The summed E-state index contributed by atoms with van der Waals surface area (Å²) in [4.78, 5) is 32.2. The number of sulfonamides is 1. The Bertz CT molecular complexity index is 1510. The zero-order valence-corrected chi connectivity index (χ0v) is 24.3. The molecule has 1 N–H and O–H groups in total. The molecule has 2 aliphatic rings. The molecule has 3 heterocycles. The first-order valence-electron chi connectivity index (χ1n) is 13.2. The highest BCUT2D eigenvalue weighted by Gasteiger charge is 2.44. The number of alkyl halides is 2. The van der Waals surface area contributed by atoms with Crippen LogP contribution in [0.5, 0.6) is 0 Å². The van der Waals surface area contributed by atoms with Crippen LogP contribution < -0.4 is 4.72 Å². The summed E-state index contributed by atoms with van der Waals surface area (Å²) in [6.45, 7) is 0.336. The van der Waals surface area contributed by atoms with Crippen LogP contribution in [0, 0.1) is 29.1 Å². The Morgan fingerprint density at radius 1 is 1.25 bits per heavy atom. The Morgan fingerprint density at radius 2 is 1.98 bits per heavy atom. The van der Waals surface area contributed by atoms with Gasteiger partial charge in [-0.3, -0.25) is 9.59 Å². The smallest absolute Gasteiger partial charge is 0.274 e. The average Bonchev–Trinajstić information content (AvgIpc) is 3.46. The van der Waals surface area contributed by atoms with E-state index >= 15 is 0 Å². The fourth-order valence-electron chi connectivity index (χ4n) is 5.09. The molecule has 0 radical (unpaired) electrons. The minimum atomic E-state index is -3.68. The summed E-state index contributed by atoms with van der Waals surface area (Å²) in [5, 5.41) is 9.43. The maximum Gasteiger partial charge on any atom is 0.274 e. The van der Waals surface area contributed by atoms with Crippen LogP contribution in [-0.4, -0.2) is 64.4 Å². The molecule has 2 amide bonds. The number of nitrogens with zero attached hydrogens (tertiary/aromatic N) is 4. The number of hydrogen-bond donors (Lipinski definition) is 2. The Hall–Kier alpha value is -3.16. The van der Waals surface area contributed by atoms with Gasteiger partial charge in [-0.25, -0.2) is 26.9 Å². The van der Waals surface area contributed by atoms with Gasteiger partial charge in [-0.05, 0) is 25.3 Å². The number of halogens is 2. The van der Waals surface area contributed by atoms with Crippen molar-refractivity contribution in [2.24, 2.45) is 13.0 Å². The molecule has 0 aromatic carbocycles. The molecule has 1 saturated carbocycles. The largest absolute Gasteiger partial charge is 0.332 e. The standard InChI is InChI=1S/C27H33F2N5O4S2/c1-33-22(10-8-6-4-3-5-7-9-19-14-27(28,29)15-19)23(21-13-20(16-30)17-31-24(21)33)25(35)34-11-12-39(18-34)26(36)32-40(2,37)38/h13,17,19,39H,3-6,8,10-12,14-15,18H2,1-2H3,(H,32,36). The number of unbranched alkanes of at least 4 members (excludes halogenated alkanes) is 4. The molecule has 0 spiro atoms. The quantitative estimate of drug-likeness (QED) is 0.270. The number of pyridine rings is 1. The van der Waals surface area contributed by atoms with Crippen LogP contribution in [-0.2, 0) is 23.5 Å². The number of aryl methyl sites for hydroxylation is 1. The number of thiol groups is 1. The number of fused-ring (bicyclic) bond motifs is 1. The van der Waals surface area contributed by atoms with Crippen molar-refractivity contribution in [2.75, 3.05) is 24.4 Å². The maximum absolute atomic E-state index is 13.8. The molecular formula is C27H33F2N5O4S2. The Morgan fingerprint density at radius 3 is 2.65 bits per heavy atom. The lowest BCUT2D eigenvalue weighted by atomic mass is 9.82. The van der Waals surface area contributed by atoms with E-state index in [9.17, 15) is 32.0 Å². The monoisotopic (exact) mass is 593 g/mol. The molecule has 13 heteroatoms. The average molecular weight is 594 g/mol. The molecule has 2 fully saturated rings. The van der Waals surface area contributed by atoms with Gasteiger partial charge < -0.3 is 9.47 Å². The first-order chi connectivity index (χ1) is 18.9. The van der Waals surface area contributed by atoms with E-state index < -0.39 is 32.1 Å². The van der Waals surface area contributed by atoms with E-state index in [2.05, 4.69) is 22.9 Å². The SMILES string of the molecule is Cn1c(CCCCCCC#CC2CC(F)(F)C2)c(C(=O)N2CC[SH](C(=O)NS(C)(=O)=O)C2)c2cc(C#N)cnc21. The van der Waals surface area contributed by atoms with Gasteiger partial charge in [0.05, 0.1) is 23.3 Å². The van der Waals surface area contributed by atoms with Gasteiger partial charge in [-0.1, -0.05) is 18.8 Å². The van der Waals surface area contributed by atoms with Crippen LogP contribution in [0.25, 0.3) is 11.0 Å².